The van der Waals surface area contributed by atoms with Crippen molar-refractivity contribution in [1.82, 2.24) is 4.90 Å². The Morgan fingerprint density at radius 1 is 1.29 bits per heavy atom. The summed E-state index contributed by atoms with van der Waals surface area (Å²) in [6.45, 7) is 9.71. The average Bonchev–Trinajstić information content (AvgIpc) is 2.17. The highest BCUT2D eigenvalue weighted by Crippen LogP contribution is 1.94. The SMILES string of the molecule is CC.CCO/N=C(/C)CCCN(C)C. The molecule has 0 aliphatic heterocycles. The van der Waals surface area contributed by atoms with Crippen LogP contribution in [0, 0.1) is 0 Å². The van der Waals surface area contributed by atoms with Crippen LogP contribution in [0.5, 0.6) is 0 Å². The van der Waals surface area contributed by atoms with Crippen LogP contribution in [0.2, 0.25) is 0 Å². The fourth-order valence-electron chi connectivity index (χ4n) is 0.872. The second-order valence-corrected chi connectivity index (χ2v) is 3.15. The van der Waals surface area contributed by atoms with E-state index in [0.29, 0.717) is 6.61 Å². The van der Waals surface area contributed by atoms with Crippen LogP contribution in [0.3, 0.4) is 0 Å². The van der Waals surface area contributed by atoms with E-state index in [9.17, 15) is 0 Å². The zero-order valence-corrected chi connectivity index (χ0v) is 10.6. The summed E-state index contributed by atoms with van der Waals surface area (Å²) >= 11 is 0. The number of hydrogen-bond acceptors (Lipinski definition) is 3. The molecule has 0 unspecified atom stereocenters. The highest BCUT2D eigenvalue weighted by atomic mass is 16.6. The van der Waals surface area contributed by atoms with Crippen molar-refractivity contribution in [2.45, 2.75) is 40.5 Å². The predicted molar refractivity (Wildman–Crippen MR) is 63.9 cm³/mol. The van der Waals surface area contributed by atoms with Gasteiger partial charge in [-0.05, 0) is 47.3 Å². The van der Waals surface area contributed by atoms with E-state index in [1.54, 1.807) is 0 Å². The fourth-order valence-corrected chi connectivity index (χ4v) is 0.872. The summed E-state index contributed by atoms with van der Waals surface area (Å²) in [5.74, 6) is 0. The van der Waals surface area contributed by atoms with Crippen LogP contribution in [-0.2, 0) is 4.84 Å². The molecule has 0 radical (unpaired) electrons. The van der Waals surface area contributed by atoms with Gasteiger partial charge < -0.3 is 9.74 Å². The topological polar surface area (TPSA) is 24.8 Å². The third-order valence-electron chi connectivity index (χ3n) is 1.49. The summed E-state index contributed by atoms with van der Waals surface area (Å²) in [7, 11) is 4.16. The van der Waals surface area contributed by atoms with Crippen LogP contribution in [0.1, 0.15) is 40.5 Å². The monoisotopic (exact) mass is 202 g/mol. The van der Waals surface area contributed by atoms with Gasteiger partial charge in [-0.1, -0.05) is 19.0 Å². The summed E-state index contributed by atoms with van der Waals surface area (Å²) < 4.78 is 0. The third kappa shape index (κ3) is 14.0. The van der Waals surface area contributed by atoms with Gasteiger partial charge in [0.1, 0.15) is 6.61 Å². The molecule has 3 heteroatoms. The van der Waals surface area contributed by atoms with Gasteiger partial charge in [0.2, 0.25) is 0 Å². The first-order valence-electron chi connectivity index (χ1n) is 5.47. The standard InChI is InChI=1S/C9H20N2O.C2H6/c1-5-12-10-9(2)7-6-8-11(3)4;1-2/h5-8H2,1-4H3;1-2H3/b10-9-;. The molecular formula is C11H26N2O. The van der Waals surface area contributed by atoms with Crippen molar-refractivity contribution in [3.8, 4) is 0 Å². The molecule has 0 aliphatic carbocycles. The summed E-state index contributed by atoms with van der Waals surface area (Å²) in [5.41, 5.74) is 1.08. The molecule has 0 spiro atoms. The van der Waals surface area contributed by atoms with Crippen LogP contribution >= 0.6 is 0 Å². The summed E-state index contributed by atoms with van der Waals surface area (Å²) in [6, 6.07) is 0. The van der Waals surface area contributed by atoms with E-state index in [1.165, 1.54) is 0 Å². The Balaban J connectivity index is 0. The van der Waals surface area contributed by atoms with E-state index in [-0.39, 0.29) is 0 Å². The van der Waals surface area contributed by atoms with E-state index < -0.39 is 0 Å². The van der Waals surface area contributed by atoms with Crippen LogP contribution < -0.4 is 0 Å². The molecule has 0 saturated heterocycles. The molecule has 0 aliphatic rings. The second-order valence-electron chi connectivity index (χ2n) is 3.15. The Labute approximate surface area is 89.1 Å². The lowest BCUT2D eigenvalue weighted by Crippen LogP contribution is -2.13. The zero-order chi connectivity index (χ0) is 11.4. The van der Waals surface area contributed by atoms with Gasteiger partial charge in [0.05, 0.1) is 5.71 Å². The van der Waals surface area contributed by atoms with Crippen LogP contribution in [0.4, 0.5) is 0 Å². The average molecular weight is 202 g/mol. The predicted octanol–water partition coefficient (Wildman–Crippen LogP) is 2.77. The highest BCUT2D eigenvalue weighted by Gasteiger charge is 1.94. The maximum Gasteiger partial charge on any atom is 0.114 e. The lowest BCUT2D eigenvalue weighted by molar-refractivity contribution is 0.158. The van der Waals surface area contributed by atoms with E-state index in [4.69, 9.17) is 4.84 Å². The molecule has 0 aromatic rings. The smallest absolute Gasteiger partial charge is 0.114 e. The zero-order valence-electron chi connectivity index (χ0n) is 10.6. The Morgan fingerprint density at radius 2 is 1.86 bits per heavy atom. The van der Waals surface area contributed by atoms with Crippen molar-refractivity contribution in [1.29, 1.82) is 0 Å². The van der Waals surface area contributed by atoms with Crippen LogP contribution in [0.15, 0.2) is 5.16 Å². The quantitative estimate of drug-likeness (QED) is 0.489. The first-order valence-corrected chi connectivity index (χ1v) is 5.47. The maximum atomic E-state index is 4.93. The van der Waals surface area contributed by atoms with Gasteiger partial charge in [0, 0.05) is 0 Å². The summed E-state index contributed by atoms with van der Waals surface area (Å²) in [4.78, 5) is 7.10. The first kappa shape index (κ1) is 15.9. The molecule has 14 heavy (non-hydrogen) atoms. The first-order chi connectivity index (χ1) is 6.66. The van der Waals surface area contributed by atoms with Gasteiger partial charge in [-0.2, -0.15) is 0 Å². The van der Waals surface area contributed by atoms with Crippen LogP contribution in [-0.4, -0.2) is 37.9 Å². The van der Waals surface area contributed by atoms with Crippen molar-refractivity contribution >= 4 is 5.71 Å². The lowest BCUT2D eigenvalue weighted by Gasteiger charge is -2.08. The number of nitrogens with zero attached hydrogens (tertiary/aromatic N) is 2. The molecule has 0 aromatic carbocycles. The Hall–Kier alpha value is -0.570. The molecule has 0 rings (SSSR count). The molecule has 0 heterocycles. The minimum absolute atomic E-state index is 0.658. The summed E-state index contributed by atoms with van der Waals surface area (Å²) in [6.07, 6.45) is 2.17. The van der Waals surface area contributed by atoms with Gasteiger partial charge in [0.25, 0.3) is 0 Å². The van der Waals surface area contributed by atoms with Gasteiger partial charge in [0.15, 0.2) is 0 Å². The third-order valence-corrected chi connectivity index (χ3v) is 1.49. The van der Waals surface area contributed by atoms with Gasteiger partial charge in [-0.3, -0.25) is 0 Å². The van der Waals surface area contributed by atoms with E-state index in [2.05, 4.69) is 24.2 Å². The molecule has 3 nitrogen and oxygen atoms in total. The number of oxime groups is 1. The molecule has 86 valence electrons. The molecule has 0 atom stereocenters. The molecule has 0 N–H and O–H groups in total. The summed E-state index contributed by atoms with van der Waals surface area (Å²) in [5, 5.41) is 3.94. The second kappa shape index (κ2) is 12.4. The number of rotatable bonds is 6. The molecule has 0 saturated carbocycles. The van der Waals surface area contributed by atoms with Crippen LogP contribution in [0.25, 0.3) is 0 Å². The molecule has 0 aromatic heterocycles. The van der Waals surface area contributed by atoms with Gasteiger partial charge in [-0.15, -0.1) is 0 Å². The van der Waals surface area contributed by atoms with Crippen molar-refractivity contribution in [3.05, 3.63) is 0 Å². The van der Waals surface area contributed by atoms with Crippen molar-refractivity contribution in [2.24, 2.45) is 5.16 Å². The van der Waals surface area contributed by atoms with E-state index in [0.717, 1.165) is 25.1 Å². The highest BCUT2D eigenvalue weighted by molar-refractivity contribution is 5.81. The van der Waals surface area contributed by atoms with Gasteiger partial charge >= 0.3 is 0 Å². The fraction of sp³-hybridized carbons (Fsp3) is 0.909. The van der Waals surface area contributed by atoms with Gasteiger partial charge in [-0.25, -0.2) is 0 Å². The van der Waals surface area contributed by atoms with Crippen molar-refractivity contribution < 1.29 is 4.84 Å². The Morgan fingerprint density at radius 3 is 2.29 bits per heavy atom. The minimum atomic E-state index is 0.658. The van der Waals surface area contributed by atoms with E-state index in [1.807, 2.05) is 27.7 Å². The molecule has 0 amide bonds. The Bertz CT molecular complexity index is 133. The maximum absolute atomic E-state index is 4.93. The normalized spacial score (nSPS) is 10.9. The molecule has 0 fully saturated rings. The number of hydrogen-bond donors (Lipinski definition) is 0. The lowest BCUT2D eigenvalue weighted by atomic mass is 10.2. The molecular weight excluding hydrogens is 176 g/mol. The van der Waals surface area contributed by atoms with Crippen molar-refractivity contribution in [3.63, 3.8) is 0 Å². The molecule has 0 bridgehead atoms. The minimum Gasteiger partial charge on any atom is -0.396 e. The van der Waals surface area contributed by atoms with E-state index >= 15 is 0 Å². The largest absolute Gasteiger partial charge is 0.396 e. The Kier molecular flexibility index (Phi) is 14.1. The van der Waals surface area contributed by atoms with Crippen molar-refractivity contribution in [2.75, 3.05) is 27.2 Å².